The second-order valence-electron chi connectivity index (χ2n) is 6.80. The molecule has 1 heterocycles. The van der Waals surface area contributed by atoms with Gasteiger partial charge in [0.15, 0.2) is 11.5 Å². The van der Waals surface area contributed by atoms with Crippen LogP contribution in [0.3, 0.4) is 0 Å². The van der Waals surface area contributed by atoms with Crippen molar-refractivity contribution in [1.82, 2.24) is 14.8 Å². The maximum Gasteiger partial charge on any atom is 0.241 e. The highest BCUT2D eigenvalue weighted by atomic mass is 16.5. The molecule has 0 unspecified atom stereocenters. The van der Waals surface area contributed by atoms with Gasteiger partial charge in [-0.25, -0.2) is 0 Å². The molecule has 0 aliphatic heterocycles. The van der Waals surface area contributed by atoms with E-state index >= 15 is 0 Å². The van der Waals surface area contributed by atoms with Gasteiger partial charge in [-0.1, -0.05) is 6.07 Å². The number of likely N-dealkylation sites (N-methyl/N-ethyl adjacent to an activating group) is 1. The van der Waals surface area contributed by atoms with Gasteiger partial charge in [0.25, 0.3) is 0 Å². The molecule has 0 spiro atoms. The Bertz CT molecular complexity index is 811. The molecule has 2 amide bonds. The lowest BCUT2D eigenvalue weighted by Gasteiger charge is -2.24. The number of pyridine rings is 1. The van der Waals surface area contributed by atoms with E-state index in [1.54, 1.807) is 43.5 Å². The number of aromatic nitrogens is 1. The minimum Gasteiger partial charge on any atom is -0.493 e. The number of hydrogen-bond acceptors (Lipinski definition) is 5. The third-order valence-electron chi connectivity index (χ3n) is 4.80. The average molecular weight is 399 g/mol. The lowest BCUT2D eigenvalue weighted by molar-refractivity contribution is -0.138. The number of benzene rings is 1. The summed E-state index contributed by atoms with van der Waals surface area (Å²) in [5, 5.41) is 0. The molecule has 7 nitrogen and oxygen atoms in total. The van der Waals surface area contributed by atoms with Crippen LogP contribution in [0.2, 0.25) is 0 Å². The molecule has 1 aromatic heterocycles. The number of rotatable bonds is 10. The van der Waals surface area contributed by atoms with Crippen LogP contribution in [0.5, 0.6) is 11.5 Å². The average Bonchev–Trinajstić information content (AvgIpc) is 2.74. The van der Waals surface area contributed by atoms with Gasteiger partial charge in [-0.3, -0.25) is 14.6 Å². The molecule has 0 saturated carbocycles. The van der Waals surface area contributed by atoms with E-state index in [2.05, 4.69) is 4.98 Å². The molecule has 0 fully saturated rings. The SMILES string of the molecule is COc1ccc(CCN(CC(=O)N(C)CCc2ccncc2)C(C)=O)cc1OC. The van der Waals surface area contributed by atoms with E-state index in [0.29, 0.717) is 31.0 Å². The van der Waals surface area contributed by atoms with E-state index in [-0.39, 0.29) is 18.4 Å². The summed E-state index contributed by atoms with van der Waals surface area (Å²) in [5.41, 5.74) is 2.13. The highest BCUT2D eigenvalue weighted by Crippen LogP contribution is 2.27. The van der Waals surface area contributed by atoms with Gasteiger partial charge in [0.1, 0.15) is 0 Å². The van der Waals surface area contributed by atoms with Crippen molar-refractivity contribution in [3.05, 3.63) is 53.9 Å². The molecular formula is C22H29N3O4. The second kappa shape index (κ2) is 11.0. The molecule has 0 bridgehead atoms. The molecule has 29 heavy (non-hydrogen) atoms. The van der Waals surface area contributed by atoms with Crippen molar-refractivity contribution in [2.45, 2.75) is 19.8 Å². The first-order chi connectivity index (χ1) is 13.9. The smallest absolute Gasteiger partial charge is 0.241 e. The Morgan fingerprint density at radius 3 is 2.21 bits per heavy atom. The molecule has 2 aromatic rings. The number of methoxy groups -OCH3 is 2. The number of nitrogens with zero attached hydrogens (tertiary/aromatic N) is 3. The van der Waals surface area contributed by atoms with Crippen LogP contribution in [0, 0.1) is 0 Å². The van der Waals surface area contributed by atoms with Crippen LogP contribution in [0.1, 0.15) is 18.1 Å². The lowest BCUT2D eigenvalue weighted by Crippen LogP contribution is -2.42. The predicted octanol–water partition coefficient (Wildman–Crippen LogP) is 2.19. The highest BCUT2D eigenvalue weighted by molar-refractivity contribution is 5.83. The van der Waals surface area contributed by atoms with Crippen molar-refractivity contribution in [1.29, 1.82) is 0 Å². The van der Waals surface area contributed by atoms with E-state index in [1.165, 1.54) is 6.92 Å². The Morgan fingerprint density at radius 2 is 1.59 bits per heavy atom. The standard InChI is InChI=1S/C22H29N3O4/c1-17(26)25(14-10-19-5-6-20(28-3)21(15-19)29-4)16-22(27)24(2)13-9-18-7-11-23-12-8-18/h5-8,11-12,15H,9-10,13-14,16H2,1-4H3. The van der Waals surface area contributed by atoms with Crippen molar-refractivity contribution in [2.75, 3.05) is 40.9 Å². The van der Waals surface area contributed by atoms with E-state index < -0.39 is 0 Å². The molecule has 0 saturated heterocycles. The minimum atomic E-state index is -0.124. The van der Waals surface area contributed by atoms with Crippen LogP contribution >= 0.6 is 0 Å². The number of carbonyl (C=O) groups is 2. The molecule has 2 rings (SSSR count). The van der Waals surface area contributed by atoms with Gasteiger partial charge in [0.2, 0.25) is 11.8 Å². The van der Waals surface area contributed by atoms with Crippen LogP contribution in [0.25, 0.3) is 0 Å². The topological polar surface area (TPSA) is 72.0 Å². The molecule has 0 N–H and O–H groups in total. The molecule has 1 aromatic carbocycles. The van der Waals surface area contributed by atoms with Crippen LogP contribution in [-0.4, -0.2) is 67.5 Å². The van der Waals surface area contributed by atoms with Gasteiger partial charge < -0.3 is 19.3 Å². The zero-order chi connectivity index (χ0) is 21.2. The first-order valence-electron chi connectivity index (χ1n) is 9.54. The summed E-state index contributed by atoms with van der Waals surface area (Å²) in [6.45, 7) is 2.59. The van der Waals surface area contributed by atoms with Crippen molar-refractivity contribution in [2.24, 2.45) is 0 Å². The van der Waals surface area contributed by atoms with Gasteiger partial charge in [-0.2, -0.15) is 0 Å². The van der Waals surface area contributed by atoms with Crippen LogP contribution in [0.4, 0.5) is 0 Å². The normalized spacial score (nSPS) is 10.3. The van der Waals surface area contributed by atoms with Gasteiger partial charge >= 0.3 is 0 Å². The molecule has 156 valence electrons. The molecule has 0 radical (unpaired) electrons. The lowest BCUT2D eigenvalue weighted by atomic mass is 10.1. The molecule has 7 heteroatoms. The van der Waals surface area contributed by atoms with Crippen molar-refractivity contribution >= 4 is 11.8 Å². The van der Waals surface area contributed by atoms with Gasteiger partial charge in [-0.05, 0) is 48.2 Å². The zero-order valence-corrected chi connectivity index (χ0v) is 17.6. The summed E-state index contributed by atoms with van der Waals surface area (Å²) in [5.74, 6) is 1.10. The molecule has 0 aliphatic rings. The third kappa shape index (κ3) is 6.78. The summed E-state index contributed by atoms with van der Waals surface area (Å²) >= 11 is 0. The third-order valence-corrected chi connectivity index (χ3v) is 4.80. The largest absolute Gasteiger partial charge is 0.493 e. The second-order valence-corrected chi connectivity index (χ2v) is 6.80. The quantitative estimate of drug-likeness (QED) is 0.612. The van der Waals surface area contributed by atoms with Gasteiger partial charge in [0.05, 0.1) is 20.8 Å². The van der Waals surface area contributed by atoms with Crippen LogP contribution in [0.15, 0.2) is 42.7 Å². The summed E-state index contributed by atoms with van der Waals surface area (Å²) in [6, 6.07) is 9.53. The first-order valence-corrected chi connectivity index (χ1v) is 9.54. The molecule has 0 aliphatic carbocycles. The summed E-state index contributed by atoms with van der Waals surface area (Å²) in [4.78, 5) is 31.8. The van der Waals surface area contributed by atoms with Gasteiger partial charge in [0, 0.05) is 39.5 Å². The predicted molar refractivity (Wildman–Crippen MR) is 111 cm³/mol. The van der Waals surface area contributed by atoms with E-state index in [0.717, 1.165) is 17.5 Å². The van der Waals surface area contributed by atoms with Crippen LogP contribution < -0.4 is 9.47 Å². The Balaban J connectivity index is 1.90. The maximum atomic E-state index is 12.6. The summed E-state index contributed by atoms with van der Waals surface area (Å²) in [7, 11) is 4.94. The Hall–Kier alpha value is -3.09. The number of carbonyl (C=O) groups excluding carboxylic acids is 2. The fourth-order valence-electron chi connectivity index (χ4n) is 2.90. The summed E-state index contributed by atoms with van der Waals surface area (Å²) < 4.78 is 10.6. The van der Waals surface area contributed by atoms with Crippen molar-refractivity contribution in [3.63, 3.8) is 0 Å². The number of ether oxygens (including phenoxy) is 2. The number of hydrogen-bond donors (Lipinski definition) is 0. The van der Waals surface area contributed by atoms with E-state index in [1.807, 2.05) is 30.3 Å². The number of amides is 2. The summed E-state index contributed by atoms with van der Waals surface area (Å²) in [6.07, 6.45) is 4.84. The highest BCUT2D eigenvalue weighted by Gasteiger charge is 2.17. The Morgan fingerprint density at radius 1 is 0.931 bits per heavy atom. The van der Waals surface area contributed by atoms with Gasteiger partial charge in [-0.15, -0.1) is 0 Å². The van der Waals surface area contributed by atoms with E-state index in [9.17, 15) is 9.59 Å². The minimum absolute atomic E-state index is 0.0649. The van der Waals surface area contributed by atoms with Crippen molar-refractivity contribution in [3.8, 4) is 11.5 Å². The Labute approximate surface area is 172 Å². The maximum absolute atomic E-state index is 12.6. The van der Waals surface area contributed by atoms with E-state index in [4.69, 9.17) is 9.47 Å². The zero-order valence-electron chi connectivity index (χ0n) is 17.6. The van der Waals surface area contributed by atoms with Crippen LogP contribution in [-0.2, 0) is 22.4 Å². The van der Waals surface area contributed by atoms with Crippen molar-refractivity contribution < 1.29 is 19.1 Å². The fourth-order valence-corrected chi connectivity index (χ4v) is 2.90. The molecule has 0 atom stereocenters. The Kier molecular flexibility index (Phi) is 8.45. The molecular weight excluding hydrogens is 370 g/mol. The fraction of sp³-hybridized carbons (Fsp3) is 0.409. The monoisotopic (exact) mass is 399 g/mol. The first kappa shape index (κ1) is 22.2.